The number of anilines is 1. The number of amides is 1. The van der Waals surface area contributed by atoms with Gasteiger partial charge in [0.25, 0.3) is 0 Å². The van der Waals surface area contributed by atoms with E-state index in [1.54, 1.807) is 23.4 Å². The van der Waals surface area contributed by atoms with Gasteiger partial charge in [-0.1, -0.05) is 0 Å². The highest BCUT2D eigenvalue weighted by atomic mass is 32.2. The molecule has 1 aliphatic heterocycles. The molecule has 1 fully saturated rings. The Labute approximate surface area is 147 Å². The Bertz CT molecular complexity index is 718. The van der Waals surface area contributed by atoms with Gasteiger partial charge in [0.15, 0.2) is 0 Å². The number of sulfonamides is 1. The van der Waals surface area contributed by atoms with Crippen molar-refractivity contribution in [1.82, 2.24) is 19.6 Å². The quantitative estimate of drug-likeness (QED) is 0.663. The molecule has 0 saturated carbocycles. The third-order valence-corrected chi connectivity index (χ3v) is 4.83. The standard InChI is InChI=1S/C15H23N5O4S/c1-19(2)15-17-8-12(9-18-15)4-5-14(21)16-10-13-11-20(6-7-24-13)25(3,22)23/h4-5,8-9,13H,6-7,10-11H2,1-3H3,(H,16,21)/b5-4+. The summed E-state index contributed by atoms with van der Waals surface area (Å²) < 4.78 is 29.9. The van der Waals surface area contributed by atoms with E-state index in [9.17, 15) is 13.2 Å². The van der Waals surface area contributed by atoms with E-state index in [0.717, 1.165) is 0 Å². The lowest BCUT2D eigenvalue weighted by molar-refractivity contribution is -0.117. The van der Waals surface area contributed by atoms with Gasteiger partial charge in [0.05, 0.1) is 19.0 Å². The molecule has 0 bridgehead atoms. The van der Waals surface area contributed by atoms with Gasteiger partial charge in [0, 0.05) is 57.8 Å². The topological polar surface area (TPSA) is 105 Å². The molecular formula is C15H23N5O4S. The van der Waals surface area contributed by atoms with Gasteiger partial charge >= 0.3 is 0 Å². The van der Waals surface area contributed by atoms with Gasteiger partial charge in [-0.2, -0.15) is 4.31 Å². The third-order valence-electron chi connectivity index (χ3n) is 3.56. The van der Waals surface area contributed by atoms with Crippen LogP contribution in [0.5, 0.6) is 0 Å². The molecule has 0 radical (unpaired) electrons. The molecule has 0 spiro atoms. The zero-order valence-corrected chi connectivity index (χ0v) is 15.4. The Morgan fingerprint density at radius 1 is 1.44 bits per heavy atom. The molecule has 2 rings (SSSR count). The molecular weight excluding hydrogens is 346 g/mol. The van der Waals surface area contributed by atoms with Crippen LogP contribution < -0.4 is 10.2 Å². The van der Waals surface area contributed by atoms with Gasteiger partial charge in [-0.3, -0.25) is 4.79 Å². The van der Waals surface area contributed by atoms with Crippen LogP contribution in [0.3, 0.4) is 0 Å². The fourth-order valence-corrected chi connectivity index (χ4v) is 3.05. The Kier molecular flexibility index (Phi) is 6.45. The van der Waals surface area contributed by atoms with Crippen molar-refractivity contribution >= 4 is 28.0 Å². The number of morpholine rings is 1. The van der Waals surface area contributed by atoms with Crippen LogP contribution in [0.2, 0.25) is 0 Å². The minimum absolute atomic E-state index is 0.239. The summed E-state index contributed by atoms with van der Waals surface area (Å²) in [6, 6.07) is 0. The van der Waals surface area contributed by atoms with Gasteiger partial charge in [0.2, 0.25) is 21.9 Å². The monoisotopic (exact) mass is 369 g/mol. The summed E-state index contributed by atoms with van der Waals surface area (Å²) in [5.41, 5.74) is 0.706. The van der Waals surface area contributed by atoms with E-state index in [4.69, 9.17) is 4.74 Å². The Morgan fingerprint density at radius 2 is 2.12 bits per heavy atom. The van der Waals surface area contributed by atoms with Crippen LogP contribution in [0.15, 0.2) is 18.5 Å². The van der Waals surface area contributed by atoms with Crippen LogP contribution in [-0.4, -0.2) is 81.3 Å². The van der Waals surface area contributed by atoms with Crippen molar-refractivity contribution in [3.8, 4) is 0 Å². The fraction of sp³-hybridized carbons (Fsp3) is 0.533. The van der Waals surface area contributed by atoms with Gasteiger partial charge in [-0.15, -0.1) is 0 Å². The van der Waals surface area contributed by atoms with Crippen molar-refractivity contribution in [2.24, 2.45) is 0 Å². The molecule has 1 aromatic heterocycles. The normalized spacial score (nSPS) is 19.1. The van der Waals surface area contributed by atoms with E-state index < -0.39 is 10.0 Å². The number of carbonyl (C=O) groups excluding carboxylic acids is 1. The van der Waals surface area contributed by atoms with Gasteiger partial charge in [0.1, 0.15) is 0 Å². The maximum absolute atomic E-state index is 11.9. The predicted octanol–water partition coefficient (Wildman–Crippen LogP) is -0.668. The SMILES string of the molecule is CN(C)c1ncc(/C=C/C(=O)NCC2CN(S(C)(=O)=O)CCO2)cn1. The van der Waals surface area contributed by atoms with Crippen molar-refractivity contribution < 1.29 is 17.9 Å². The van der Waals surface area contributed by atoms with Gasteiger partial charge < -0.3 is 15.0 Å². The molecule has 1 saturated heterocycles. The summed E-state index contributed by atoms with van der Waals surface area (Å²) in [5, 5.41) is 2.70. The van der Waals surface area contributed by atoms with Crippen LogP contribution in [0.1, 0.15) is 5.56 Å². The van der Waals surface area contributed by atoms with Crippen molar-refractivity contribution in [3.05, 3.63) is 24.0 Å². The first-order chi connectivity index (χ1) is 11.8. The van der Waals surface area contributed by atoms with E-state index >= 15 is 0 Å². The van der Waals surface area contributed by atoms with Crippen LogP contribution in [0.25, 0.3) is 6.08 Å². The lowest BCUT2D eigenvalue weighted by Crippen LogP contribution is -2.49. The molecule has 25 heavy (non-hydrogen) atoms. The minimum atomic E-state index is -3.24. The Balaban J connectivity index is 1.82. The first kappa shape index (κ1) is 19.3. The number of aromatic nitrogens is 2. The van der Waals surface area contributed by atoms with E-state index in [1.165, 1.54) is 16.6 Å². The van der Waals surface area contributed by atoms with Crippen LogP contribution in [0.4, 0.5) is 5.95 Å². The van der Waals surface area contributed by atoms with Crippen molar-refractivity contribution in [2.45, 2.75) is 6.10 Å². The predicted molar refractivity (Wildman–Crippen MR) is 94.6 cm³/mol. The van der Waals surface area contributed by atoms with E-state index in [2.05, 4.69) is 15.3 Å². The summed E-state index contributed by atoms with van der Waals surface area (Å²) in [5.74, 6) is 0.295. The summed E-state index contributed by atoms with van der Waals surface area (Å²) in [4.78, 5) is 22.0. The second kappa shape index (κ2) is 8.37. The number of nitrogens with one attached hydrogen (secondary N) is 1. The molecule has 1 atom stereocenters. The number of ether oxygens (including phenoxy) is 1. The highest BCUT2D eigenvalue weighted by Crippen LogP contribution is 2.08. The van der Waals surface area contributed by atoms with Crippen molar-refractivity contribution in [1.29, 1.82) is 0 Å². The smallest absolute Gasteiger partial charge is 0.244 e. The lowest BCUT2D eigenvalue weighted by Gasteiger charge is -2.31. The molecule has 1 N–H and O–H groups in total. The Morgan fingerprint density at radius 3 is 2.72 bits per heavy atom. The second-order valence-electron chi connectivity index (χ2n) is 5.90. The fourth-order valence-electron chi connectivity index (χ4n) is 2.21. The molecule has 2 heterocycles. The number of nitrogens with zero attached hydrogens (tertiary/aromatic N) is 4. The molecule has 0 aliphatic carbocycles. The van der Waals surface area contributed by atoms with E-state index in [0.29, 0.717) is 24.7 Å². The number of hydrogen-bond acceptors (Lipinski definition) is 7. The average Bonchev–Trinajstić information content (AvgIpc) is 2.58. The summed E-state index contributed by atoms with van der Waals surface area (Å²) in [6.07, 6.45) is 7.05. The van der Waals surface area contributed by atoms with Gasteiger partial charge in [-0.25, -0.2) is 18.4 Å². The molecule has 138 valence electrons. The molecule has 1 unspecified atom stereocenters. The molecule has 9 nitrogen and oxygen atoms in total. The zero-order chi connectivity index (χ0) is 18.4. The highest BCUT2D eigenvalue weighted by molar-refractivity contribution is 7.88. The zero-order valence-electron chi connectivity index (χ0n) is 14.5. The Hall–Kier alpha value is -2.04. The molecule has 1 amide bonds. The molecule has 0 aromatic carbocycles. The molecule has 1 aromatic rings. The van der Waals surface area contributed by atoms with Crippen molar-refractivity contribution in [3.63, 3.8) is 0 Å². The lowest BCUT2D eigenvalue weighted by atomic mass is 10.3. The molecule has 10 heteroatoms. The van der Waals surface area contributed by atoms with Crippen LogP contribution in [-0.2, 0) is 19.6 Å². The number of carbonyl (C=O) groups is 1. The first-order valence-electron chi connectivity index (χ1n) is 7.77. The first-order valence-corrected chi connectivity index (χ1v) is 9.62. The average molecular weight is 369 g/mol. The number of rotatable bonds is 6. The molecule has 1 aliphatic rings. The van der Waals surface area contributed by atoms with Crippen molar-refractivity contribution in [2.75, 3.05) is 51.5 Å². The summed E-state index contributed by atoms with van der Waals surface area (Å²) >= 11 is 0. The van der Waals surface area contributed by atoms with Crippen LogP contribution in [0, 0.1) is 0 Å². The largest absolute Gasteiger partial charge is 0.374 e. The summed E-state index contributed by atoms with van der Waals surface area (Å²) in [6.45, 7) is 1.14. The van der Waals surface area contributed by atoms with E-state index in [-0.39, 0.29) is 25.1 Å². The van der Waals surface area contributed by atoms with E-state index in [1.807, 2.05) is 14.1 Å². The van der Waals surface area contributed by atoms with Crippen LogP contribution >= 0.6 is 0 Å². The summed E-state index contributed by atoms with van der Waals surface area (Å²) in [7, 11) is 0.444. The third kappa shape index (κ3) is 6.07. The maximum atomic E-state index is 11.9. The number of hydrogen-bond donors (Lipinski definition) is 1. The minimum Gasteiger partial charge on any atom is -0.374 e. The highest BCUT2D eigenvalue weighted by Gasteiger charge is 2.26. The van der Waals surface area contributed by atoms with Gasteiger partial charge in [-0.05, 0) is 6.08 Å². The maximum Gasteiger partial charge on any atom is 0.244 e. The second-order valence-corrected chi connectivity index (χ2v) is 7.89.